The van der Waals surface area contributed by atoms with Crippen LogP contribution in [0.25, 0.3) is 28.4 Å². The maximum absolute atomic E-state index is 13.7. The Hall–Kier alpha value is -3.69. The van der Waals surface area contributed by atoms with Crippen LogP contribution in [0.1, 0.15) is 5.69 Å². The third-order valence-electron chi connectivity index (χ3n) is 4.20. The summed E-state index contributed by atoms with van der Waals surface area (Å²) in [6.07, 6.45) is -1.64. The van der Waals surface area contributed by atoms with Gasteiger partial charge in [-0.2, -0.15) is 22.7 Å². The Kier molecular flexibility index (Phi) is 4.53. The van der Waals surface area contributed by atoms with E-state index >= 15 is 0 Å². The Morgan fingerprint density at radius 2 is 1.72 bits per heavy atom. The summed E-state index contributed by atoms with van der Waals surface area (Å²) in [4.78, 5) is 12.4. The minimum Gasteiger partial charge on any atom is -0.493 e. The molecule has 29 heavy (non-hydrogen) atoms. The highest BCUT2D eigenvalue weighted by atomic mass is 19.4. The van der Waals surface area contributed by atoms with E-state index in [1.54, 1.807) is 36.5 Å². The first-order valence-corrected chi connectivity index (χ1v) is 8.38. The van der Waals surface area contributed by atoms with Crippen molar-refractivity contribution in [2.75, 3.05) is 14.2 Å². The molecule has 0 aliphatic carbocycles. The van der Waals surface area contributed by atoms with Crippen LogP contribution in [-0.4, -0.2) is 38.8 Å². The van der Waals surface area contributed by atoms with Crippen molar-refractivity contribution in [1.82, 2.24) is 24.6 Å². The average molecular weight is 401 g/mol. The molecule has 1 aromatic carbocycles. The maximum Gasteiger partial charge on any atom is 0.433 e. The van der Waals surface area contributed by atoms with Crippen LogP contribution >= 0.6 is 0 Å². The first kappa shape index (κ1) is 18.7. The lowest BCUT2D eigenvalue weighted by molar-refractivity contribution is -0.142. The van der Waals surface area contributed by atoms with Crippen molar-refractivity contribution in [2.45, 2.75) is 6.18 Å². The van der Waals surface area contributed by atoms with Crippen LogP contribution in [0.4, 0.5) is 13.2 Å². The fourth-order valence-electron chi connectivity index (χ4n) is 2.83. The molecule has 0 atom stereocenters. The first-order valence-electron chi connectivity index (χ1n) is 8.38. The van der Waals surface area contributed by atoms with E-state index in [4.69, 9.17) is 9.47 Å². The number of hydrogen-bond acceptors (Lipinski definition) is 6. The highest BCUT2D eigenvalue weighted by Crippen LogP contribution is 2.35. The van der Waals surface area contributed by atoms with Crippen molar-refractivity contribution in [3.8, 4) is 34.1 Å². The number of hydrogen-bond donors (Lipinski definition) is 0. The van der Waals surface area contributed by atoms with Gasteiger partial charge in [-0.15, -0.1) is 5.10 Å². The molecule has 3 heterocycles. The molecule has 148 valence electrons. The predicted octanol–water partition coefficient (Wildman–Crippen LogP) is 3.89. The van der Waals surface area contributed by atoms with Crippen molar-refractivity contribution in [3.63, 3.8) is 0 Å². The number of alkyl halides is 3. The van der Waals surface area contributed by atoms with E-state index in [9.17, 15) is 13.2 Å². The highest BCUT2D eigenvalue weighted by Gasteiger charge is 2.36. The van der Waals surface area contributed by atoms with Gasteiger partial charge in [0.25, 0.3) is 5.78 Å². The van der Waals surface area contributed by atoms with Crippen LogP contribution < -0.4 is 9.47 Å². The van der Waals surface area contributed by atoms with Crippen molar-refractivity contribution in [3.05, 3.63) is 54.5 Å². The van der Waals surface area contributed by atoms with Gasteiger partial charge < -0.3 is 9.47 Å². The summed E-state index contributed by atoms with van der Waals surface area (Å²) in [6.45, 7) is 0. The van der Waals surface area contributed by atoms with Gasteiger partial charge in [0.15, 0.2) is 23.0 Å². The quantitative estimate of drug-likeness (QED) is 0.517. The van der Waals surface area contributed by atoms with Crippen LogP contribution in [0.5, 0.6) is 11.5 Å². The summed E-state index contributed by atoms with van der Waals surface area (Å²) in [5.74, 6) is 0.747. The minimum absolute atomic E-state index is 0.0796. The van der Waals surface area contributed by atoms with Crippen LogP contribution in [-0.2, 0) is 6.18 Å². The second-order valence-corrected chi connectivity index (χ2v) is 5.98. The molecule has 3 aromatic heterocycles. The van der Waals surface area contributed by atoms with E-state index in [2.05, 4.69) is 20.1 Å². The lowest BCUT2D eigenvalue weighted by Crippen LogP contribution is -2.14. The van der Waals surface area contributed by atoms with Crippen molar-refractivity contribution in [1.29, 1.82) is 0 Å². The minimum atomic E-state index is -4.66. The summed E-state index contributed by atoms with van der Waals surface area (Å²) in [5, 5.41) is 3.98. The van der Waals surface area contributed by atoms with Crippen LogP contribution in [0.2, 0.25) is 0 Å². The Morgan fingerprint density at radius 3 is 2.38 bits per heavy atom. The van der Waals surface area contributed by atoms with Crippen molar-refractivity contribution >= 4 is 5.78 Å². The van der Waals surface area contributed by atoms with Gasteiger partial charge >= 0.3 is 6.18 Å². The average Bonchev–Trinajstić information content (AvgIpc) is 3.16. The highest BCUT2D eigenvalue weighted by molar-refractivity contribution is 5.66. The molecular formula is C19H14F3N5O2. The zero-order valence-electron chi connectivity index (χ0n) is 15.3. The molecule has 0 aliphatic heterocycles. The van der Waals surface area contributed by atoms with E-state index in [0.29, 0.717) is 27.1 Å². The lowest BCUT2D eigenvalue weighted by atomic mass is 10.1. The van der Waals surface area contributed by atoms with Gasteiger partial charge in [-0.3, -0.25) is 4.98 Å². The van der Waals surface area contributed by atoms with Gasteiger partial charge in [-0.1, -0.05) is 0 Å². The molecule has 7 nitrogen and oxygen atoms in total. The summed E-state index contributed by atoms with van der Waals surface area (Å²) >= 11 is 0. The SMILES string of the molecule is COc1ccc(-c2cc(C(F)(F)F)n3nc(-c4cccnc4)nc3n2)cc1OC. The molecule has 0 N–H and O–H groups in total. The molecule has 10 heteroatoms. The van der Waals surface area contributed by atoms with Gasteiger partial charge in [-0.25, -0.2) is 4.98 Å². The van der Waals surface area contributed by atoms with Crippen molar-refractivity contribution < 1.29 is 22.6 Å². The molecule has 0 fully saturated rings. The first-order chi connectivity index (χ1) is 13.9. The predicted molar refractivity (Wildman–Crippen MR) is 97.6 cm³/mol. The molecule has 0 unspecified atom stereocenters. The summed E-state index contributed by atoms with van der Waals surface area (Å²) in [6, 6.07) is 8.97. The molecule has 0 aliphatic rings. The number of methoxy groups -OCH3 is 2. The van der Waals surface area contributed by atoms with Gasteiger partial charge in [0.05, 0.1) is 19.9 Å². The summed E-state index contributed by atoms with van der Waals surface area (Å²) in [7, 11) is 2.91. The molecule has 0 saturated heterocycles. The van der Waals surface area contributed by atoms with Gasteiger partial charge in [0, 0.05) is 23.5 Å². The number of fused-ring (bicyclic) bond motifs is 1. The second-order valence-electron chi connectivity index (χ2n) is 5.98. The number of halogens is 3. The monoisotopic (exact) mass is 401 g/mol. The zero-order chi connectivity index (χ0) is 20.6. The van der Waals surface area contributed by atoms with Crippen LogP contribution in [0.3, 0.4) is 0 Å². The normalized spacial score (nSPS) is 11.6. The van der Waals surface area contributed by atoms with Crippen molar-refractivity contribution in [2.24, 2.45) is 0 Å². The summed E-state index contributed by atoms with van der Waals surface area (Å²) in [5.41, 5.74) is -0.00814. The molecule has 0 amide bonds. The van der Waals surface area contributed by atoms with Gasteiger partial charge in [-0.05, 0) is 36.4 Å². The number of aromatic nitrogens is 5. The van der Waals surface area contributed by atoms with Crippen LogP contribution in [0.15, 0.2) is 48.8 Å². The fraction of sp³-hybridized carbons (Fsp3) is 0.158. The zero-order valence-corrected chi connectivity index (χ0v) is 15.3. The molecule has 0 bridgehead atoms. The Labute approximate surface area is 162 Å². The van der Waals surface area contributed by atoms with E-state index in [0.717, 1.165) is 6.07 Å². The standard InChI is InChI=1S/C19H14F3N5O2/c1-28-14-6-5-11(8-15(14)29-2)13-9-16(19(20,21)22)27-18(24-13)25-17(26-27)12-4-3-7-23-10-12/h3-10H,1-2H3. The van der Waals surface area contributed by atoms with Gasteiger partial charge in [0.2, 0.25) is 0 Å². The summed E-state index contributed by atoms with van der Waals surface area (Å²) < 4.78 is 52.2. The third kappa shape index (κ3) is 3.44. The number of ether oxygens (including phenoxy) is 2. The smallest absolute Gasteiger partial charge is 0.433 e. The molecular weight excluding hydrogens is 387 g/mol. The molecule has 0 spiro atoms. The largest absolute Gasteiger partial charge is 0.493 e. The van der Waals surface area contributed by atoms with E-state index in [-0.39, 0.29) is 17.3 Å². The Balaban J connectivity index is 1.92. The van der Waals surface area contributed by atoms with Crippen LogP contribution in [0, 0.1) is 0 Å². The lowest BCUT2D eigenvalue weighted by Gasteiger charge is -2.12. The molecule has 4 rings (SSSR count). The second kappa shape index (κ2) is 7.04. The number of nitrogens with zero attached hydrogens (tertiary/aromatic N) is 5. The molecule has 0 radical (unpaired) electrons. The number of benzene rings is 1. The van der Waals surface area contributed by atoms with Gasteiger partial charge in [0.1, 0.15) is 0 Å². The van der Waals surface area contributed by atoms with E-state index in [1.807, 2.05) is 0 Å². The Bertz CT molecular complexity index is 1180. The third-order valence-corrected chi connectivity index (χ3v) is 4.20. The van der Waals surface area contributed by atoms with E-state index < -0.39 is 11.9 Å². The Morgan fingerprint density at radius 1 is 0.931 bits per heavy atom. The molecule has 0 saturated carbocycles. The maximum atomic E-state index is 13.7. The molecule has 4 aromatic rings. The number of rotatable bonds is 4. The fourth-order valence-corrected chi connectivity index (χ4v) is 2.83. The van der Waals surface area contributed by atoms with E-state index in [1.165, 1.54) is 20.4 Å². The topological polar surface area (TPSA) is 74.4 Å². The number of pyridine rings is 1.